The van der Waals surface area contributed by atoms with E-state index in [0.717, 1.165) is 24.2 Å². The predicted octanol–water partition coefficient (Wildman–Crippen LogP) is 3.63. The van der Waals surface area contributed by atoms with Gasteiger partial charge in [-0.3, -0.25) is 0 Å². The number of fused-ring (bicyclic) bond motifs is 1. The van der Waals surface area contributed by atoms with Crippen LogP contribution in [0.15, 0.2) is 30.3 Å². The molecular formula is C14H16O2. The summed E-state index contributed by atoms with van der Waals surface area (Å²) in [6.45, 7) is 4.36. The Morgan fingerprint density at radius 3 is 2.69 bits per heavy atom. The Bertz CT molecular complexity index is 432. The number of carbonyl (C=O) groups excluding carboxylic acids is 1. The second kappa shape index (κ2) is 4.52. The third-order valence-electron chi connectivity index (χ3n) is 3.02. The Morgan fingerprint density at radius 1 is 1.31 bits per heavy atom. The van der Waals surface area contributed by atoms with Gasteiger partial charge in [0.1, 0.15) is 5.76 Å². The lowest BCUT2D eigenvalue weighted by Crippen LogP contribution is -1.93. The molecule has 0 spiro atoms. The van der Waals surface area contributed by atoms with Crippen LogP contribution in [-0.2, 0) is 4.74 Å². The molecule has 0 aromatic heterocycles. The molecule has 0 N–H and O–H groups in total. The van der Waals surface area contributed by atoms with E-state index in [2.05, 4.69) is 13.8 Å². The van der Waals surface area contributed by atoms with E-state index in [4.69, 9.17) is 4.74 Å². The number of allylic oxidation sites excluding steroid dienone is 1. The van der Waals surface area contributed by atoms with Gasteiger partial charge < -0.3 is 4.74 Å². The molecule has 1 aromatic carbocycles. The molecule has 0 bridgehead atoms. The van der Waals surface area contributed by atoms with Crippen LogP contribution in [0.1, 0.15) is 42.6 Å². The molecular weight excluding hydrogens is 200 g/mol. The largest absolute Gasteiger partial charge is 0.423 e. The minimum atomic E-state index is -0.231. The van der Waals surface area contributed by atoms with Gasteiger partial charge in [0.15, 0.2) is 0 Å². The maximum atomic E-state index is 11.5. The minimum absolute atomic E-state index is 0.231. The van der Waals surface area contributed by atoms with Crippen LogP contribution in [0.4, 0.5) is 0 Å². The first-order valence-electron chi connectivity index (χ1n) is 5.74. The van der Waals surface area contributed by atoms with Gasteiger partial charge in [-0.1, -0.05) is 38.5 Å². The number of hydrogen-bond donors (Lipinski definition) is 0. The van der Waals surface area contributed by atoms with E-state index in [-0.39, 0.29) is 5.97 Å². The van der Waals surface area contributed by atoms with Crippen molar-refractivity contribution in [1.82, 2.24) is 0 Å². The molecule has 1 aromatic rings. The topological polar surface area (TPSA) is 26.3 Å². The van der Waals surface area contributed by atoms with E-state index in [0.29, 0.717) is 11.5 Å². The fourth-order valence-corrected chi connectivity index (χ4v) is 1.71. The first-order chi connectivity index (χ1) is 7.72. The van der Waals surface area contributed by atoms with Crippen LogP contribution in [0.25, 0.3) is 5.76 Å². The Balaban J connectivity index is 2.24. The summed E-state index contributed by atoms with van der Waals surface area (Å²) in [4.78, 5) is 11.5. The summed E-state index contributed by atoms with van der Waals surface area (Å²) in [5, 5.41) is 0. The number of rotatable bonds is 3. The van der Waals surface area contributed by atoms with Gasteiger partial charge in [0.2, 0.25) is 0 Å². The highest BCUT2D eigenvalue weighted by Gasteiger charge is 2.25. The van der Waals surface area contributed by atoms with E-state index in [1.807, 2.05) is 30.3 Å². The highest BCUT2D eigenvalue weighted by Crippen LogP contribution is 2.30. The van der Waals surface area contributed by atoms with Crippen molar-refractivity contribution >= 4 is 11.7 Å². The van der Waals surface area contributed by atoms with Crippen LogP contribution >= 0.6 is 0 Å². The summed E-state index contributed by atoms with van der Waals surface area (Å²) in [7, 11) is 0. The molecule has 0 radical (unpaired) electrons. The average Bonchev–Trinajstić information content (AvgIpc) is 2.64. The zero-order valence-corrected chi connectivity index (χ0v) is 9.69. The van der Waals surface area contributed by atoms with Crippen LogP contribution in [0, 0.1) is 5.92 Å². The van der Waals surface area contributed by atoms with Crippen LogP contribution in [0.5, 0.6) is 0 Å². The van der Waals surface area contributed by atoms with Gasteiger partial charge in [-0.15, -0.1) is 0 Å². The SMILES string of the molecule is CCC(C)C/C=C1\OC(=O)c2ccccc21. The maximum Gasteiger partial charge on any atom is 0.344 e. The van der Waals surface area contributed by atoms with Crippen LogP contribution in [0.3, 0.4) is 0 Å². The van der Waals surface area contributed by atoms with Crippen molar-refractivity contribution < 1.29 is 9.53 Å². The summed E-state index contributed by atoms with van der Waals surface area (Å²) in [6, 6.07) is 7.53. The van der Waals surface area contributed by atoms with Crippen molar-refractivity contribution in [3.8, 4) is 0 Å². The van der Waals surface area contributed by atoms with Gasteiger partial charge in [-0.05, 0) is 24.5 Å². The number of esters is 1. The standard InChI is InChI=1S/C14H16O2/c1-3-10(2)8-9-13-11-6-4-5-7-12(11)14(15)16-13/h4-7,9-10H,3,8H2,1-2H3/b13-9-. The molecule has 0 saturated carbocycles. The predicted molar refractivity (Wildman–Crippen MR) is 63.9 cm³/mol. The van der Waals surface area contributed by atoms with E-state index in [1.165, 1.54) is 0 Å². The number of benzene rings is 1. The van der Waals surface area contributed by atoms with Gasteiger partial charge in [0, 0.05) is 5.56 Å². The van der Waals surface area contributed by atoms with Crippen molar-refractivity contribution in [2.24, 2.45) is 5.92 Å². The van der Waals surface area contributed by atoms with Crippen LogP contribution < -0.4 is 0 Å². The summed E-state index contributed by atoms with van der Waals surface area (Å²) in [5.74, 6) is 1.12. The molecule has 2 heteroatoms. The summed E-state index contributed by atoms with van der Waals surface area (Å²) in [5.41, 5.74) is 1.61. The zero-order valence-electron chi connectivity index (χ0n) is 9.69. The lowest BCUT2D eigenvalue weighted by Gasteiger charge is -2.04. The lowest BCUT2D eigenvalue weighted by molar-refractivity contribution is 0.0715. The lowest BCUT2D eigenvalue weighted by atomic mass is 10.0. The smallest absolute Gasteiger partial charge is 0.344 e. The van der Waals surface area contributed by atoms with E-state index in [1.54, 1.807) is 0 Å². The first-order valence-corrected chi connectivity index (χ1v) is 5.74. The molecule has 1 atom stereocenters. The number of cyclic esters (lactones) is 1. The first kappa shape index (κ1) is 10.9. The molecule has 84 valence electrons. The second-order valence-electron chi connectivity index (χ2n) is 4.25. The minimum Gasteiger partial charge on any atom is -0.423 e. The third kappa shape index (κ3) is 2.01. The van der Waals surface area contributed by atoms with Gasteiger partial charge in [-0.25, -0.2) is 4.79 Å². The molecule has 0 saturated heterocycles. The number of carbonyl (C=O) groups is 1. The fourth-order valence-electron chi connectivity index (χ4n) is 1.71. The quantitative estimate of drug-likeness (QED) is 0.721. The summed E-state index contributed by atoms with van der Waals surface area (Å²) in [6.07, 6.45) is 4.12. The van der Waals surface area contributed by atoms with Crippen molar-refractivity contribution in [2.75, 3.05) is 0 Å². The zero-order chi connectivity index (χ0) is 11.5. The number of hydrogen-bond acceptors (Lipinski definition) is 2. The fraction of sp³-hybridized carbons (Fsp3) is 0.357. The van der Waals surface area contributed by atoms with Crippen LogP contribution in [0.2, 0.25) is 0 Å². The number of ether oxygens (including phenoxy) is 1. The van der Waals surface area contributed by atoms with Crippen molar-refractivity contribution in [2.45, 2.75) is 26.7 Å². The monoisotopic (exact) mass is 216 g/mol. The highest BCUT2D eigenvalue weighted by atomic mass is 16.5. The normalized spacial score (nSPS) is 18.4. The molecule has 0 aliphatic carbocycles. The van der Waals surface area contributed by atoms with E-state index in [9.17, 15) is 4.79 Å². The summed E-state index contributed by atoms with van der Waals surface area (Å²) < 4.78 is 5.25. The third-order valence-corrected chi connectivity index (χ3v) is 3.02. The van der Waals surface area contributed by atoms with Crippen molar-refractivity contribution in [1.29, 1.82) is 0 Å². The van der Waals surface area contributed by atoms with Gasteiger partial charge in [0.25, 0.3) is 0 Å². The molecule has 1 unspecified atom stereocenters. The molecule has 1 heterocycles. The van der Waals surface area contributed by atoms with E-state index < -0.39 is 0 Å². The van der Waals surface area contributed by atoms with Crippen LogP contribution in [-0.4, -0.2) is 5.97 Å². The summed E-state index contributed by atoms with van der Waals surface area (Å²) >= 11 is 0. The Hall–Kier alpha value is -1.57. The highest BCUT2D eigenvalue weighted by molar-refractivity contribution is 6.02. The second-order valence-corrected chi connectivity index (χ2v) is 4.25. The van der Waals surface area contributed by atoms with E-state index >= 15 is 0 Å². The maximum absolute atomic E-state index is 11.5. The van der Waals surface area contributed by atoms with Gasteiger partial charge in [-0.2, -0.15) is 0 Å². The Labute approximate surface area is 95.9 Å². The van der Waals surface area contributed by atoms with Gasteiger partial charge in [0.05, 0.1) is 5.56 Å². The average molecular weight is 216 g/mol. The molecule has 0 amide bonds. The molecule has 1 aliphatic rings. The Morgan fingerprint density at radius 2 is 2.00 bits per heavy atom. The van der Waals surface area contributed by atoms with Crippen molar-refractivity contribution in [3.05, 3.63) is 41.5 Å². The van der Waals surface area contributed by atoms with Crippen molar-refractivity contribution in [3.63, 3.8) is 0 Å². The Kier molecular flexibility index (Phi) is 3.09. The molecule has 16 heavy (non-hydrogen) atoms. The molecule has 1 aliphatic heterocycles. The molecule has 0 fully saturated rings. The molecule has 2 nitrogen and oxygen atoms in total. The molecule has 2 rings (SSSR count). The van der Waals surface area contributed by atoms with Gasteiger partial charge >= 0.3 is 5.97 Å².